The van der Waals surface area contributed by atoms with Gasteiger partial charge in [0.25, 0.3) is 5.91 Å². The first kappa shape index (κ1) is 16.1. The molecule has 0 atom stereocenters. The van der Waals surface area contributed by atoms with Crippen molar-refractivity contribution < 1.29 is 9.53 Å². The van der Waals surface area contributed by atoms with E-state index in [0.29, 0.717) is 23.3 Å². The largest absolute Gasteiger partial charge is 0.455 e. The van der Waals surface area contributed by atoms with Gasteiger partial charge in [-0.25, -0.2) is 0 Å². The molecule has 1 aliphatic rings. The Labute approximate surface area is 151 Å². The fourth-order valence-electron chi connectivity index (χ4n) is 2.42. The first-order valence-corrected chi connectivity index (χ1v) is 8.51. The number of aromatic nitrogens is 2. The standard InChI is InChI=1S/C20H18N4O2/c25-20(21-14-10-11-14)17-12-13-19(24-23-17)22-16-8-4-5-9-18(16)26-15-6-2-1-3-7-15/h1-9,12-14H,10-11H2,(H,21,25)(H,22,24). The molecule has 1 fully saturated rings. The van der Waals surface area contributed by atoms with Crippen LogP contribution in [0.4, 0.5) is 11.5 Å². The minimum atomic E-state index is -0.181. The van der Waals surface area contributed by atoms with Gasteiger partial charge in [-0.15, -0.1) is 10.2 Å². The Hall–Kier alpha value is -3.41. The van der Waals surface area contributed by atoms with E-state index in [0.717, 1.165) is 24.3 Å². The Kier molecular flexibility index (Phi) is 4.47. The van der Waals surface area contributed by atoms with Crippen LogP contribution in [0.3, 0.4) is 0 Å². The molecular formula is C20H18N4O2. The molecule has 2 aromatic carbocycles. The minimum Gasteiger partial charge on any atom is -0.455 e. The summed E-state index contributed by atoms with van der Waals surface area (Å²) in [6.45, 7) is 0. The van der Waals surface area contributed by atoms with Crippen LogP contribution < -0.4 is 15.4 Å². The summed E-state index contributed by atoms with van der Waals surface area (Å²) in [6, 6.07) is 20.8. The average molecular weight is 346 g/mol. The maximum Gasteiger partial charge on any atom is 0.272 e. The van der Waals surface area contributed by atoms with Crippen molar-refractivity contribution in [3.63, 3.8) is 0 Å². The maximum absolute atomic E-state index is 12.0. The van der Waals surface area contributed by atoms with E-state index in [-0.39, 0.29) is 5.91 Å². The van der Waals surface area contributed by atoms with Crippen LogP contribution in [-0.4, -0.2) is 22.1 Å². The van der Waals surface area contributed by atoms with Crippen LogP contribution in [-0.2, 0) is 0 Å². The molecule has 1 amide bonds. The van der Waals surface area contributed by atoms with E-state index in [2.05, 4.69) is 20.8 Å². The summed E-state index contributed by atoms with van der Waals surface area (Å²) in [6.07, 6.45) is 2.08. The molecule has 0 radical (unpaired) electrons. The van der Waals surface area contributed by atoms with Gasteiger partial charge < -0.3 is 15.4 Å². The molecule has 4 rings (SSSR count). The second kappa shape index (κ2) is 7.23. The number of hydrogen-bond donors (Lipinski definition) is 2. The zero-order chi connectivity index (χ0) is 17.8. The lowest BCUT2D eigenvalue weighted by Crippen LogP contribution is -2.26. The summed E-state index contributed by atoms with van der Waals surface area (Å²) in [4.78, 5) is 12.0. The molecule has 0 spiro atoms. The van der Waals surface area contributed by atoms with Crippen LogP contribution in [0.1, 0.15) is 23.3 Å². The van der Waals surface area contributed by atoms with Crippen LogP contribution >= 0.6 is 0 Å². The predicted octanol–water partition coefficient (Wildman–Crippen LogP) is 3.90. The van der Waals surface area contributed by atoms with Crippen molar-refractivity contribution in [2.24, 2.45) is 0 Å². The van der Waals surface area contributed by atoms with Crippen LogP contribution in [0.15, 0.2) is 66.7 Å². The summed E-state index contributed by atoms with van der Waals surface area (Å²) in [7, 11) is 0. The van der Waals surface area contributed by atoms with Crippen molar-refractivity contribution in [3.05, 3.63) is 72.4 Å². The first-order chi connectivity index (χ1) is 12.8. The van der Waals surface area contributed by atoms with Crippen LogP contribution in [0, 0.1) is 0 Å². The lowest BCUT2D eigenvalue weighted by molar-refractivity contribution is 0.0945. The Morgan fingerprint density at radius 1 is 0.923 bits per heavy atom. The smallest absolute Gasteiger partial charge is 0.272 e. The molecule has 0 unspecified atom stereocenters. The number of carbonyl (C=O) groups is 1. The van der Waals surface area contributed by atoms with Crippen molar-refractivity contribution in [1.29, 1.82) is 0 Å². The van der Waals surface area contributed by atoms with Gasteiger partial charge in [0, 0.05) is 6.04 Å². The molecule has 6 nitrogen and oxygen atoms in total. The van der Waals surface area contributed by atoms with Crippen molar-refractivity contribution in [1.82, 2.24) is 15.5 Å². The highest BCUT2D eigenvalue weighted by Crippen LogP contribution is 2.30. The third-order valence-corrected chi connectivity index (χ3v) is 3.93. The molecule has 0 saturated heterocycles. The number of nitrogens with one attached hydrogen (secondary N) is 2. The second-order valence-electron chi connectivity index (χ2n) is 6.09. The van der Waals surface area contributed by atoms with Gasteiger partial charge in [0.2, 0.25) is 0 Å². The van der Waals surface area contributed by atoms with E-state index in [9.17, 15) is 4.79 Å². The van der Waals surface area contributed by atoms with E-state index in [4.69, 9.17) is 4.74 Å². The van der Waals surface area contributed by atoms with Crippen molar-refractivity contribution in [2.45, 2.75) is 18.9 Å². The van der Waals surface area contributed by atoms with Gasteiger partial charge in [0.1, 0.15) is 5.75 Å². The summed E-state index contributed by atoms with van der Waals surface area (Å²) in [5, 5.41) is 14.2. The average Bonchev–Trinajstić information content (AvgIpc) is 3.49. The fraction of sp³-hybridized carbons (Fsp3) is 0.150. The quantitative estimate of drug-likeness (QED) is 0.708. The predicted molar refractivity (Wildman–Crippen MR) is 98.8 cm³/mol. The summed E-state index contributed by atoms with van der Waals surface area (Å²) < 4.78 is 5.92. The highest BCUT2D eigenvalue weighted by atomic mass is 16.5. The zero-order valence-electron chi connectivity index (χ0n) is 14.1. The third kappa shape index (κ3) is 3.97. The van der Waals surface area contributed by atoms with Crippen LogP contribution in [0.2, 0.25) is 0 Å². The van der Waals surface area contributed by atoms with Gasteiger partial charge in [0.15, 0.2) is 17.3 Å². The van der Waals surface area contributed by atoms with Gasteiger partial charge in [-0.2, -0.15) is 0 Å². The van der Waals surface area contributed by atoms with E-state index < -0.39 is 0 Å². The number of nitrogens with zero attached hydrogens (tertiary/aromatic N) is 2. The Morgan fingerprint density at radius 2 is 1.69 bits per heavy atom. The number of ether oxygens (including phenoxy) is 1. The number of para-hydroxylation sites is 3. The minimum absolute atomic E-state index is 0.181. The highest BCUT2D eigenvalue weighted by molar-refractivity contribution is 5.92. The third-order valence-electron chi connectivity index (χ3n) is 3.93. The topological polar surface area (TPSA) is 76.1 Å². The number of rotatable bonds is 6. The Bertz CT molecular complexity index is 893. The SMILES string of the molecule is O=C(NC1CC1)c1ccc(Nc2ccccc2Oc2ccccc2)nn1. The zero-order valence-corrected chi connectivity index (χ0v) is 14.1. The van der Waals surface area contributed by atoms with E-state index >= 15 is 0 Å². The number of hydrogen-bond acceptors (Lipinski definition) is 5. The van der Waals surface area contributed by atoms with Crippen molar-refractivity contribution >= 4 is 17.4 Å². The first-order valence-electron chi connectivity index (χ1n) is 8.51. The molecule has 1 saturated carbocycles. The maximum atomic E-state index is 12.0. The molecular weight excluding hydrogens is 328 g/mol. The van der Waals surface area contributed by atoms with Crippen molar-refractivity contribution in [3.8, 4) is 11.5 Å². The van der Waals surface area contributed by atoms with Gasteiger partial charge >= 0.3 is 0 Å². The van der Waals surface area contributed by atoms with Crippen LogP contribution in [0.5, 0.6) is 11.5 Å². The number of anilines is 2. The summed E-state index contributed by atoms with van der Waals surface area (Å²) in [5.41, 5.74) is 1.08. The molecule has 1 aliphatic carbocycles. The number of amides is 1. The van der Waals surface area contributed by atoms with Gasteiger partial charge in [-0.3, -0.25) is 4.79 Å². The second-order valence-corrected chi connectivity index (χ2v) is 6.09. The number of carbonyl (C=O) groups excluding carboxylic acids is 1. The van der Waals surface area contributed by atoms with Gasteiger partial charge in [0.05, 0.1) is 5.69 Å². The number of benzene rings is 2. The van der Waals surface area contributed by atoms with E-state index in [1.165, 1.54) is 0 Å². The normalized spacial score (nSPS) is 13.1. The molecule has 26 heavy (non-hydrogen) atoms. The van der Waals surface area contributed by atoms with Gasteiger partial charge in [-0.1, -0.05) is 30.3 Å². The van der Waals surface area contributed by atoms with Crippen molar-refractivity contribution in [2.75, 3.05) is 5.32 Å². The molecule has 1 heterocycles. The molecule has 1 aromatic heterocycles. The Morgan fingerprint density at radius 3 is 2.42 bits per heavy atom. The molecule has 3 aromatic rings. The summed E-state index contributed by atoms with van der Waals surface area (Å²) in [5.74, 6) is 1.78. The molecule has 0 bridgehead atoms. The molecule has 130 valence electrons. The molecule has 6 heteroatoms. The lowest BCUT2D eigenvalue weighted by Gasteiger charge is -2.12. The van der Waals surface area contributed by atoms with E-state index in [1.807, 2.05) is 54.6 Å². The summed E-state index contributed by atoms with van der Waals surface area (Å²) >= 11 is 0. The van der Waals surface area contributed by atoms with E-state index in [1.54, 1.807) is 12.1 Å². The lowest BCUT2D eigenvalue weighted by atomic mass is 10.2. The molecule has 0 aliphatic heterocycles. The van der Waals surface area contributed by atoms with Crippen LogP contribution in [0.25, 0.3) is 0 Å². The monoisotopic (exact) mass is 346 g/mol. The fourth-order valence-corrected chi connectivity index (χ4v) is 2.42. The Balaban J connectivity index is 1.47. The highest BCUT2D eigenvalue weighted by Gasteiger charge is 2.24. The molecule has 2 N–H and O–H groups in total. The van der Waals surface area contributed by atoms with Gasteiger partial charge in [-0.05, 0) is 49.2 Å².